The molecule has 0 spiro atoms. The van der Waals surface area contributed by atoms with Crippen molar-refractivity contribution in [1.82, 2.24) is 0 Å². The van der Waals surface area contributed by atoms with Crippen molar-refractivity contribution in [2.75, 3.05) is 7.11 Å². The molecule has 0 saturated carbocycles. The smallest absolute Gasteiger partial charge is 0.335 e. The van der Waals surface area contributed by atoms with Crippen LogP contribution >= 0.6 is 0 Å². The maximum absolute atomic E-state index is 11.4. The van der Waals surface area contributed by atoms with Gasteiger partial charge in [0.2, 0.25) is 0 Å². The van der Waals surface area contributed by atoms with E-state index in [-0.39, 0.29) is 17.1 Å². The lowest BCUT2D eigenvalue weighted by Crippen LogP contribution is -2.00. The molecule has 0 aromatic heterocycles. The molecule has 1 aromatic carbocycles. The van der Waals surface area contributed by atoms with E-state index in [1.165, 1.54) is 82.2 Å². The van der Waals surface area contributed by atoms with Crippen molar-refractivity contribution in [2.45, 2.75) is 178 Å². The Morgan fingerprint density at radius 1 is 0.474 bits per heavy atom. The van der Waals surface area contributed by atoms with Gasteiger partial charge in [-0.05, 0) is 191 Å². The van der Waals surface area contributed by atoms with E-state index in [1.807, 2.05) is 0 Å². The molecule has 4 nitrogen and oxygen atoms in total. The summed E-state index contributed by atoms with van der Waals surface area (Å²) < 4.78 is 5.15. The summed E-state index contributed by atoms with van der Waals surface area (Å²) in [7, 11) is 1.43. The zero-order valence-electron chi connectivity index (χ0n) is 38.1. The molecule has 316 valence electrons. The van der Waals surface area contributed by atoms with Crippen LogP contribution in [0.25, 0.3) is 0 Å². The third-order valence-corrected chi connectivity index (χ3v) is 10.6. The van der Waals surface area contributed by atoms with E-state index in [9.17, 15) is 15.0 Å². The van der Waals surface area contributed by atoms with Crippen molar-refractivity contribution in [3.8, 4) is 11.5 Å². The SMILES string of the molecule is COc1cc(C(=O)O)cc(C/C=C(\C)CC/C=C(\C)CC/C=C(\C)CC/C=C(\C)CC/C=C(\C)CC/C=C(\C)CC/C=C(\C)CC/C=C(\C)CCC=C(C)C)c1O. The Morgan fingerprint density at radius 3 is 1.02 bits per heavy atom. The van der Waals surface area contributed by atoms with Crippen molar-refractivity contribution < 1.29 is 19.7 Å². The minimum absolute atomic E-state index is 0.000435. The molecule has 0 aliphatic carbocycles. The molecule has 0 fully saturated rings. The molecule has 0 radical (unpaired) electrons. The van der Waals surface area contributed by atoms with Gasteiger partial charge in [0.15, 0.2) is 11.5 Å². The number of rotatable bonds is 28. The molecule has 0 atom stereocenters. The number of hydrogen-bond donors (Lipinski definition) is 2. The minimum Gasteiger partial charge on any atom is -0.504 e. The fraction of sp³-hybridized carbons (Fsp3) is 0.528. The topological polar surface area (TPSA) is 66.8 Å². The second-order valence-corrected chi connectivity index (χ2v) is 16.7. The Labute approximate surface area is 349 Å². The Balaban J connectivity index is 2.31. The number of carbonyl (C=O) groups is 1. The molecule has 1 rings (SSSR count). The van der Waals surface area contributed by atoms with Gasteiger partial charge >= 0.3 is 5.97 Å². The first-order valence-electron chi connectivity index (χ1n) is 21.6. The van der Waals surface area contributed by atoms with Gasteiger partial charge in [0.05, 0.1) is 12.7 Å². The Hall–Kier alpha value is -4.05. The molecule has 0 saturated heterocycles. The first-order valence-corrected chi connectivity index (χ1v) is 21.6. The number of hydrogen-bond acceptors (Lipinski definition) is 3. The maximum Gasteiger partial charge on any atom is 0.335 e. The number of benzene rings is 1. The van der Waals surface area contributed by atoms with E-state index in [1.54, 1.807) is 0 Å². The lowest BCUT2D eigenvalue weighted by molar-refractivity contribution is 0.0696. The molecule has 0 bridgehead atoms. The monoisotopic (exact) mass is 781 g/mol. The molecule has 2 N–H and O–H groups in total. The summed E-state index contributed by atoms with van der Waals surface area (Å²) in [4.78, 5) is 11.4. The summed E-state index contributed by atoms with van der Waals surface area (Å²) in [6, 6.07) is 2.86. The van der Waals surface area contributed by atoms with Crippen LogP contribution in [0.3, 0.4) is 0 Å². The highest BCUT2D eigenvalue weighted by Crippen LogP contribution is 2.32. The van der Waals surface area contributed by atoms with Crippen molar-refractivity contribution in [1.29, 1.82) is 0 Å². The standard InChI is InChI=1S/C53H80O4/c1-40(2)20-12-21-41(3)22-13-23-42(4)24-14-25-43(5)26-15-27-44(6)28-16-29-45(7)30-17-31-46(8)32-18-33-47(9)34-19-35-48(10)36-37-49-38-50(53(55)56)39-51(57-11)52(49)54/h20,22,24,26,28,30,32,34,36,38-39,54H,12-19,21,23,25,27,29,31,33,35,37H2,1-11H3,(H,55,56)/b41-22+,42-24+,43-26+,44-28+,45-30+,46-32+,47-34+,48-36+. The number of aromatic carboxylic acids is 1. The zero-order valence-corrected chi connectivity index (χ0v) is 38.1. The molecular weight excluding hydrogens is 701 g/mol. The van der Waals surface area contributed by atoms with Gasteiger partial charge in [0, 0.05) is 5.56 Å². The molecule has 0 aliphatic heterocycles. The molecule has 4 heteroatoms. The zero-order chi connectivity index (χ0) is 42.6. The highest BCUT2D eigenvalue weighted by molar-refractivity contribution is 5.89. The summed E-state index contributed by atoms with van der Waals surface area (Å²) in [5, 5.41) is 19.8. The number of allylic oxidation sites excluding steroid dienone is 18. The van der Waals surface area contributed by atoms with Crippen LogP contribution in [0.4, 0.5) is 0 Å². The second-order valence-electron chi connectivity index (χ2n) is 16.7. The van der Waals surface area contributed by atoms with Crippen molar-refractivity contribution in [3.05, 3.63) is 128 Å². The van der Waals surface area contributed by atoms with Crippen molar-refractivity contribution in [2.24, 2.45) is 0 Å². The van der Waals surface area contributed by atoms with Gasteiger partial charge in [-0.1, -0.05) is 105 Å². The van der Waals surface area contributed by atoms with Crippen LogP contribution in [-0.4, -0.2) is 23.3 Å². The summed E-state index contributed by atoms with van der Waals surface area (Å²) in [5.74, 6) is -0.854. The lowest BCUT2D eigenvalue weighted by atomic mass is 10.0. The number of aromatic hydroxyl groups is 1. The molecule has 1 aromatic rings. The lowest BCUT2D eigenvalue weighted by Gasteiger charge is -2.10. The average Bonchev–Trinajstić information content (AvgIpc) is 3.14. The number of methoxy groups -OCH3 is 1. The number of carboxylic acids is 1. The van der Waals surface area contributed by atoms with Gasteiger partial charge < -0.3 is 14.9 Å². The third kappa shape index (κ3) is 25.7. The van der Waals surface area contributed by atoms with Crippen LogP contribution in [0.1, 0.15) is 188 Å². The third-order valence-electron chi connectivity index (χ3n) is 10.6. The predicted molar refractivity (Wildman–Crippen MR) is 249 cm³/mol. The number of ether oxygens (including phenoxy) is 1. The summed E-state index contributed by atoms with van der Waals surface area (Å²) in [6.45, 7) is 22.3. The molecular formula is C53H80O4. The molecule has 0 unspecified atom stereocenters. The number of carboxylic acid groups (broad SMARTS) is 1. The maximum atomic E-state index is 11.4. The molecule has 0 aliphatic rings. The molecule has 0 amide bonds. The van der Waals surface area contributed by atoms with Crippen molar-refractivity contribution >= 4 is 5.97 Å². The van der Waals surface area contributed by atoms with Crippen LogP contribution in [0.5, 0.6) is 11.5 Å². The van der Waals surface area contributed by atoms with Gasteiger partial charge in [0.1, 0.15) is 0 Å². The Bertz CT molecular complexity index is 1660. The predicted octanol–water partition coefficient (Wildman–Crippen LogP) is 16.4. The van der Waals surface area contributed by atoms with Crippen LogP contribution in [0.2, 0.25) is 0 Å². The van der Waals surface area contributed by atoms with Crippen LogP contribution in [0.15, 0.2) is 117 Å². The van der Waals surface area contributed by atoms with Gasteiger partial charge in [-0.2, -0.15) is 0 Å². The second kappa shape index (κ2) is 30.1. The van der Waals surface area contributed by atoms with E-state index in [0.29, 0.717) is 12.0 Å². The van der Waals surface area contributed by atoms with Crippen LogP contribution < -0.4 is 4.74 Å². The van der Waals surface area contributed by atoms with Gasteiger partial charge in [-0.25, -0.2) is 4.79 Å². The van der Waals surface area contributed by atoms with E-state index in [0.717, 1.165) is 89.9 Å². The normalized spacial score (nSPS) is 14.0. The number of phenols is 1. The summed E-state index contributed by atoms with van der Waals surface area (Å²) >= 11 is 0. The van der Waals surface area contributed by atoms with Crippen LogP contribution in [0, 0.1) is 0 Å². The first kappa shape index (κ1) is 51.0. The quantitative estimate of drug-likeness (QED) is 0.0831. The Kier molecular flexibility index (Phi) is 26.9. The van der Waals surface area contributed by atoms with E-state index in [4.69, 9.17) is 4.74 Å². The fourth-order valence-electron chi connectivity index (χ4n) is 6.61. The minimum atomic E-state index is -1.04. The van der Waals surface area contributed by atoms with E-state index >= 15 is 0 Å². The van der Waals surface area contributed by atoms with Crippen molar-refractivity contribution in [3.63, 3.8) is 0 Å². The molecule has 0 heterocycles. The largest absolute Gasteiger partial charge is 0.504 e. The highest BCUT2D eigenvalue weighted by Gasteiger charge is 2.13. The average molecular weight is 781 g/mol. The van der Waals surface area contributed by atoms with E-state index in [2.05, 4.69) is 124 Å². The highest BCUT2D eigenvalue weighted by atomic mass is 16.5. The summed E-state index contributed by atoms with van der Waals surface area (Å²) in [5.41, 5.74) is 13.7. The summed E-state index contributed by atoms with van der Waals surface area (Å²) in [6.07, 6.45) is 39.5. The number of phenolic OH excluding ortho intramolecular Hbond substituents is 1. The fourth-order valence-corrected chi connectivity index (χ4v) is 6.61. The Morgan fingerprint density at radius 2 is 0.754 bits per heavy atom. The van der Waals surface area contributed by atoms with Gasteiger partial charge in [-0.3, -0.25) is 0 Å². The van der Waals surface area contributed by atoms with Crippen LogP contribution in [-0.2, 0) is 6.42 Å². The van der Waals surface area contributed by atoms with E-state index < -0.39 is 5.97 Å². The van der Waals surface area contributed by atoms with Gasteiger partial charge in [0.25, 0.3) is 0 Å². The molecule has 57 heavy (non-hydrogen) atoms. The van der Waals surface area contributed by atoms with Gasteiger partial charge in [-0.15, -0.1) is 0 Å². The first-order chi connectivity index (χ1) is 27.1.